The number of nitrogens with zero attached hydrogens (tertiary/aromatic N) is 2. The summed E-state index contributed by atoms with van der Waals surface area (Å²) in [7, 11) is 1.57. The van der Waals surface area contributed by atoms with Crippen LogP contribution in [0.4, 0.5) is 0 Å². The summed E-state index contributed by atoms with van der Waals surface area (Å²) in [5.74, 6) is 0.508. The van der Waals surface area contributed by atoms with Gasteiger partial charge in [0.15, 0.2) is 0 Å². The highest BCUT2D eigenvalue weighted by molar-refractivity contribution is 5.75. The van der Waals surface area contributed by atoms with Crippen molar-refractivity contribution in [3.63, 3.8) is 0 Å². The Hall–Kier alpha value is -1.68. The zero-order chi connectivity index (χ0) is 10.8. The van der Waals surface area contributed by atoms with Gasteiger partial charge in [-0.05, 0) is 24.6 Å². The van der Waals surface area contributed by atoms with Crippen molar-refractivity contribution in [1.29, 1.82) is 0 Å². The molecule has 2 aromatic rings. The minimum Gasteiger partial charge on any atom is -0.480 e. The maximum Gasteiger partial charge on any atom is 0.237 e. The molecule has 2 rings (SSSR count). The van der Waals surface area contributed by atoms with Crippen LogP contribution in [0.3, 0.4) is 0 Å². The molecule has 4 nitrogen and oxygen atoms in total. The third-order valence-corrected chi connectivity index (χ3v) is 2.24. The van der Waals surface area contributed by atoms with Crippen LogP contribution in [0.15, 0.2) is 18.2 Å². The van der Waals surface area contributed by atoms with E-state index in [0.29, 0.717) is 18.1 Å². The lowest BCUT2D eigenvalue weighted by Crippen LogP contribution is -2.05. The van der Waals surface area contributed by atoms with E-state index in [1.165, 1.54) is 0 Å². The van der Waals surface area contributed by atoms with Crippen molar-refractivity contribution in [2.75, 3.05) is 7.11 Å². The Morgan fingerprint density at radius 1 is 1.27 bits per heavy atom. The Labute approximate surface area is 88.1 Å². The van der Waals surface area contributed by atoms with Gasteiger partial charge < -0.3 is 10.5 Å². The first kappa shape index (κ1) is 9.86. The molecule has 0 atom stereocenters. The van der Waals surface area contributed by atoms with Crippen molar-refractivity contribution < 1.29 is 4.74 Å². The Balaban J connectivity index is 2.69. The molecule has 0 aliphatic heterocycles. The van der Waals surface area contributed by atoms with Crippen molar-refractivity contribution in [3.8, 4) is 5.88 Å². The molecule has 1 aromatic heterocycles. The van der Waals surface area contributed by atoms with Crippen molar-refractivity contribution in [3.05, 3.63) is 29.5 Å². The number of hydrogen-bond donors (Lipinski definition) is 1. The predicted octanol–water partition coefficient (Wildman–Crippen LogP) is 1.41. The summed E-state index contributed by atoms with van der Waals surface area (Å²) in [5, 5.41) is 0. The fourth-order valence-corrected chi connectivity index (χ4v) is 1.48. The minimum absolute atomic E-state index is 0.333. The molecule has 0 aliphatic rings. The highest BCUT2D eigenvalue weighted by Gasteiger charge is 2.07. The normalized spacial score (nSPS) is 10.6. The summed E-state index contributed by atoms with van der Waals surface area (Å²) >= 11 is 0. The van der Waals surface area contributed by atoms with Gasteiger partial charge in [-0.2, -0.15) is 0 Å². The van der Waals surface area contributed by atoms with E-state index in [1.807, 2.05) is 25.1 Å². The summed E-state index contributed by atoms with van der Waals surface area (Å²) in [5.41, 5.74) is 9.11. The standard InChI is InChI=1S/C11H13N3O/c1-7-3-4-8-9(5-7)13-10(6-12)11(14-8)15-2/h3-5H,6,12H2,1-2H3. The summed E-state index contributed by atoms with van der Waals surface area (Å²) in [6, 6.07) is 5.92. The van der Waals surface area contributed by atoms with Gasteiger partial charge in [0.25, 0.3) is 0 Å². The molecule has 0 saturated heterocycles. The lowest BCUT2D eigenvalue weighted by Gasteiger charge is -2.06. The van der Waals surface area contributed by atoms with Gasteiger partial charge in [-0.3, -0.25) is 0 Å². The average Bonchev–Trinajstić information content (AvgIpc) is 2.27. The quantitative estimate of drug-likeness (QED) is 0.801. The van der Waals surface area contributed by atoms with Gasteiger partial charge in [0.05, 0.1) is 18.1 Å². The fraction of sp³-hybridized carbons (Fsp3) is 0.273. The van der Waals surface area contributed by atoms with Crippen LogP contribution < -0.4 is 10.5 Å². The molecule has 1 heterocycles. The van der Waals surface area contributed by atoms with Crippen molar-refractivity contribution in [2.24, 2.45) is 5.73 Å². The second-order valence-electron chi connectivity index (χ2n) is 3.38. The highest BCUT2D eigenvalue weighted by Crippen LogP contribution is 2.18. The molecule has 78 valence electrons. The van der Waals surface area contributed by atoms with Gasteiger partial charge in [-0.25, -0.2) is 9.97 Å². The van der Waals surface area contributed by atoms with Crippen LogP contribution in [0.5, 0.6) is 5.88 Å². The molecule has 0 spiro atoms. The number of aryl methyl sites for hydroxylation is 1. The van der Waals surface area contributed by atoms with Crippen LogP contribution in [-0.4, -0.2) is 17.1 Å². The van der Waals surface area contributed by atoms with E-state index in [9.17, 15) is 0 Å². The topological polar surface area (TPSA) is 61.0 Å². The highest BCUT2D eigenvalue weighted by atomic mass is 16.5. The van der Waals surface area contributed by atoms with E-state index in [1.54, 1.807) is 7.11 Å². The zero-order valence-corrected chi connectivity index (χ0v) is 8.82. The Kier molecular flexibility index (Phi) is 2.51. The second kappa shape index (κ2) is 3.82. The van der Waals surface area contributed by atoms with E-state index < -0.39 is 0 Å². The lowest BCUT2D eigenvalue weighted by molar-refractivity contribution is 0.391. The van der Waals surface area contributed by atoms with Crippen molar-refractivity contribution in [1.82, 2.24) is 9.97 Å². The van der Waals surface area contributed by atoms with Crippen LogP contribution in [0, 0.1) is 6.92 Å². The van der Waals surface area contributed by atoms with Crippen LogP contribution in [0.2, 0.25) is 0 Å². The Morgan fingerprint density at radius 2 is 2.07 bits per heavy atom. The number of ether oxygens (including phenoxy) is 1. The van der Waals surface area contributed by atoms with E-state index >= 15 is 0 Å². The maximum absolute atomic E-state index is 5.57. The SMILES string of the molecule is COc1nc2ccc(C)cc2nc1CN. The summed E-state index contributed by atoms with van der Waals surface area (Å²) < 4.78 is 5.12. The fourth-order valence-electron chi connectivity index (χ4n) is 1.48. The molecule has 0 amide bonds. The van der Waals surface area contributed by atoms with E-state index in [-0.39, 0.29) is 0 Å². The smallest absolute Gasteiger partial charge is 0.237 e. The lowest BCUT2D eigenvalue weighted by atomic mass is 10.2. The molecule has 0 radical (unpaired) electrons. The van der Waals surface area contributed by atoms with Crippen LogP contribution in [0.1, 0.15) is 11.3 Å². The van der Waals surface area contributed by atoms with Gasteiger partial charge in [0, 0.05) is 6.54 Å². The van der Waals surface area contributed by atoms with E-state index in [2.05, 4.69) is 9.97 Å². The molecule has 0 unspecified atom stereocenters. The first-order valence-corrected chi connectivity index (χ1v) is 4.76. The zero-order valence-electron chi connectivity index (χ0n) is 8.82. The van der Waals surface area contributed by atoms with Gasteiger partial charge in [-0.1, -0.05) is 6.07 Å². The summed E-state index contributed by atoms with van der Waals surface area (Å²) in [6.07, 6.45) is 0. The summed E-state index contributed by atoms with van der Waals surface area (Å²) in [4.78, 5) is 8.75. The first-order chi connectivity index (χ1) is 7.24. The molecule has 0 aliphatic carbocycles. The molecule has 0 saturated carbocycles. The molecule has 2 N–H and O–H groups in total. The van der Waals surface area contributed by atoms with Gasteiger partial charge in [-0.15, -0.1) is 0 Å². The number of hydrogen-bond acceptors (Lipinski definition) is 4. The molecule has 15 heavy (non-hydrogen) atoms. The summed E-state index contributed by atoms with van der Waals surface area (Å²) in [6.45, 7) is 2.35. The third kappa shape index (κ3) is 1.76. The number of rotatable bonds is 2. The Morgan fingerprint density at radius 3 is 2.73 bits per heavy atom. The van der Waals surface area contributed by atoms with Crippen LogP contribution in [-0.2, 0) is 6.54 Å². The first-order valence-electron chi connectivity index (χ1n) is 4.76. The monoisotopic (exact) mass is 203 g/mol. The molecule has 1 aromatic carbocycles. The number of fused-ring (bicyclic) bond motifs is 1. The number of aromatic nitrogens is 2. The van der Waals surface area contributed by atoms with Gasteiger partial charge in [0.1, 0.15) is 5.69 Å². The number of benzene rings is 1. The second-order valence-corrected chi connectivity index (χ2v) is 3.38. The van der Waals surface area contributed by atoms with Crippen molar-refractivity contribution >= 4 is 11.0 Å². The number of nitrogens with two attached hydrogens (primary N) is 1. The average molecular weight is 203 g/mol. The van der Waals surface area contributed by atoms with E-state index in [0.717, 1.165) is 16.6 Å². The Bertz CT molecular complexity index is 496. The van der Waals surface area contributed by atoms with Crippen LogP contribution in [0.25, 0.3) is 11.0 Å². The molecular formula is C11H13N3O. The van der Waals surface area contributed by atoms with E-state index in [4.69, 9.17) is 10.5 Å². The number of methoxy groups -OCH3 is 1. The molecular weight excluding hydrogens is 190 g/mol. The maximum atomic E-state index is 5.57. The third-order valence-electron chi connectivity index (χ3n) is 2.24. The molecule has 4 heteroatoms. The largest absolute Gasteiger partial charge is 0.480 e. The molecule has 0 fully saturated rings. The van der Waals surface area contributed by atoms with Crippen molar-refractivity contribution in [2.45, 2.75) is 13.5 Å². The van der Waals surface area contributed by atoms with Gasteiger partial charge >= 0.3 is 0 Å². The van der Waals surface area contributed by atoms with Gasteiger partial charge in [0.2, 0.25) is 5.88 Å². The minimum atomic E-state index is 0.333. The van der Waals surface area contributed by atoms with Crippen LogP contribution >= 0.6 is 0 Å². The molecule has 0 bridgehead atoms. The predicted molar refractivity (Wildman–Crippen MR) is 58.7 cm³/mol.